The van der Waals surface area contributed by atoms with Gasteiger partial charge in [0.25, 0.3) is 0 Å². The molecule has 1 aliphatic carbocycles. The molecule has 14 heavy (non-hydrogen) atoms. The second-order valence-electron chi connectivity index (χ2n) is 3.58. The van der Waals surface area contributed by atoms with Crippen LogP contribution < -0.4 is 11.1 Å². The largest absolute Gasteiger partial charge is 0.391 e. The standard InChI is InChI=1S/C9H14N4O/c10-8-9(12-4-3-11-8)13-5-7(14)6-1-2-6/h3-4,6-7,14H,1-2,5H2,(H2,10,11)(H,12,13). The van der Waals surface area contributed by atoms with Crippen molar-refractivity contribution in [2.45, 2.75) is 18.9 Å². The summed E-state index contributed by atoms with van der Waals surface area (Å²) in [7, 11) is 0. The third kappa shape index (κ3) is 2.11. The number of nitrogens with two attached hydrogens (primary N) is 1. The quantitative estimate of drug-likeness (QED) is 0.639. The maximum Gasteiger partial charge on any atom is 0.169 e. The van der Waals surface area contributed by atoms with Gasteiger partial charge in [0.05, 0.1) is 6.10 Å². The van der Waals surface area contributed by atoms with Gasteiger partial charge in [-0.05, 0) is 18.8 Å². The lowest BCUT2D eigenvalue weighted by Gasteiger charge is -2.11. The van der Waals surface area contributed by atoms with Crippen LogP contribution in [0.15, 0.2) is 12.4 Å². The smallest absolute Gasteiger partial charge is 0.169 e. The third-order valence-electron chi connectivity index (χ3n) is 2.37. The Hall–Kier alpha value is -1.36. The van der Waals surface area contributed by atoms with Crippen LogP contribution in [0, 0.1) is 5.92 Å². The zero-order valence-corrected chi connectivity index (χ0v) is 7.85. The van der Waals surface area contributed by atoms with Crippen molar-refractivity contribution in [1.29, 1.82) is 0 Å². The molecule has 0 saturated heterocycles. The second kappa shape index (κ2) is 3.79. The first-order chi connectivity index (χ1) is 6.77. The molecule has 0 radical (unpaired) electrons. The molecule has 1 heterocycles. The molecule has 0 amide bonds. The van der Waals surface area contributed by atoms with Crippen LogP contribution in [0.2, 0.25) is 0 Å². The highest BCUT2D eigenvalue weighted by molar-refractivity contribution is 5.54. The highest BCUT2D eigenvalue weighted by Crippen LogP contribution is 2.32. The van der Waals surface area contributed by atoms with Crippen molar-refractivity contribution in [2.75, 3.05) is 17.6 Å². The molecule has 1 atom stereocenters. The number of nitrogen functional groups attached to an aromatic ring is 1. The van der Waals surface area contributed by atoms with Crippen LogP contribution in [0.5, 0.6) is 0 Å². The van der Waals surface area contributed by atoms with Crippen molar-refractivity contribution in [3.8, 4) is 0 Å². The van der Waals surface area contributed by atoms with E-state index in [1.165, 1.54) is 6.20 Å². The van der Waals surface area contributed by atoms with Gasteiger partial charge in [0.1, 0.15) is 0 Å². The lowest BCUT2D eigenvalue weighted by Crippen LogP contribution is -2.22. The topological polar surface area (TPSA) is 84.1 Å². The molecule has 0 aromatic carbocycles. The van der Waals surface area contributed by atoms with Gasteiger partial charge in [-0.15, -0.1) is 0 Å². The first-order valence-electron chi connectivity index (χ1n) is 4.76. The lowest BCUT2D eigenvalue weighted by molar-refractivity contribution is 0.164. The summed E-state index contributed by atoms with van der Waals surface area (Å²) in [5, 5.41) is 12.6. The minimum Gasteiger partial charge on any atom is -0.391 e. The SMILES string of the molecule is Nc1nccnc1NCC(O)C1CC1. The highest BCUT2D eigenvalue weighted by Gasteiger charge is 2.29. The van der Waals surface area contributed by atoms with Crippen molar-refractivity contribution in [2.24, 2.45) is 5.92 Å². The number of aliphatic hydroxyl groups is 1. The number of hydrogen-bond acceptors (Lipinski definition) is 5. The molecule has 1 fully saturated rings. The highest BCUT2D eigenvalue weighted by atomic mass is 16.3. The van der Waals surface area contributed by atoms with Gasteiger partial charge in [-0.3, -0.25) is 0 Å². The third-order valence-corrected chi connectivity index (χ3v) is 2.37. The van der Waals surface area contributed by atoms with E-state index in [0.717, 1.165) is 12.8 Å². The van der Waals surface area contributed by atoms with Crippen LogP contribution in [-0.4, -0.2) is 27.7 Å². The molecule has 4 N–H and O–H groups in total. The molecule has 76 valence electrons. The number of nitrogens with zero attached hydrogens (tertiary/aromatic N) is 2. The number of aliphatic hydroxyl groups excluding tert-OH is 1. The molecule has 0 spiro atoms. The van der Waals surface area contributed by atoms with Crippen LogP contribution in [0.25, 0.3) is 0 Å². The molecule has 0 bridgehead atoms. The Labute approximate surface area is 82.4 Å². The van der Waals surface area contributed by atoms with E-state index in [1.807, 2.05) is 0 Å². The van der Waals surface area contributed by atoms with Gasteiger partial charge < -0.3 is 16.2 Å². The summed E-state index contributed by atoms with van der Waals surface area (Å²) in [5.41, 5.74) is 5.58. The first-order valence-corrected chi connectivity index (χ1v) is 4.76. The van der Waals surface area contributed by atoms with Crippen molar-refractivity contribution >= 4 is 11.6 Å². The fourth-order valence-corrected chi connectivity index (χ4v) is 1.33. The minimum atomic E-state index is -0.295. The van der Waals surface area contributed by atoms with Crippen LogP contribution in [0.4, 0.5) is 11.6 Å². The summed E-state index contributed by atoms with van der Waals surface area (Å²) in [6, 6.07) is 0. The molecule has 1 aliphatic rings. The Balaban J connectivity index is 1.87. The molecule has 1 aromatic heterocycles. The average Bonchev–Trinajstić information content (AvgIpc) is 2.99. The molecule has 0 aliphatic heterocycles. The number of rotatable bonds is 4. The summed E-state index contributed by atoms with van der Waals surface area (Å²) < 4.78 is 0. The van der Waals surface area contributed by atoms with E-state index in [0.29, 0.717) is 24.1 Å². The molecule has 2 rings (SSSR count). The zero-order valence-electron chi connectivity index (χ0n) is 7.85. The molecule has 1 aromatic rings. The summed E-state index contributed by atoms with van der Waals surface area (Å²) in [6.45, 7) is 0.494. The summed E-state index contributed by atoms with van der Waals surface area (Å²) in [6.07, 6.45) is 5.06. The maximum absolute atomic E-state index is 9.59. The van der Waals surface area contributed by atoms with Crippen molar-refractivity contribution < 1.29 is 5.11 Å². The van der Waals surface area contributed by atoms with Crippen LogP contribution >= 0.6 is 0 Å². The average molecular weight is 194 g/mol. The Morgan fingerprint density at radius 2 is 2.21 bits per heavy atom. The number of hydrogen-bond donors (Lipinski definition) is 3. The maximum atomic E-state index is 9.59. The Kier molecular flexibility index (Phi) is 2.49. The van der Waals surface area contributed by atoms with Gasteiger partial charge in [0, 0.05) is 18.9 Å². The van der Waals surface area contributed by atoms with Gasteiger partial charge in [0.2, 0.25) is 0 Å². The predicted molar refractivity (Wildman–Crippen MR) is 53.7 cm³/mol. The molecular weight excluding hydrogens is 180 g/mol. The van der Waals surface area contributed by atoms with Gasteiger partial charge in [-0.1, -0.05) is 0 Å². The molecule has 1 saturated carbocycles. The van der Waals surface area contributed by atoms with E-state index in [-0.39, 0.29) is 6.10 Å². The first kappa shape index (κ1) is 9.21. The molecule has 5 heteroatoms. The fraction of sp³-hybridized carbons (Fsp3) is 0.556. The molecule has 1 unspecified atom stereocenters. The predicted octanol–water partition coefficient (Wildman–Crippen LogP) is 0.242. The Bertz CT molecular complexity index is 313. The van der Waals surface area contributed by atoms with Gasteiger partial charge in [-0.25, -0.2) is 9.97 Å². The fourth-order valence-electron chi connectivity index (χ4n) is 1.33. The monoisotopic (exact) mass is 194 g/mol. The number of aromatic nitrogens is 2. The van der Waals surface area contributed by atoms with Crippen LogP contribution in [0.1, 0.15) is 12.8 Å². The summed E-state index contributed by atoms with van der Waals surface area (Å²) >= 11 is 0. The zero-order chi connectivity index (χ0) is 9.97. The van der Waals surface area contributed by atoms with E-state index >= 15 is 0 Å². The van der Waals surface area contributed by atoms with Gasteiger partial charge in [0.15, 0.2) is 11.6 Å². The van der Waals surface area contributed by atoms with Crippen LogP contribution in [-0.2, 0) is 0 Å². The number of nitrogens with one attached hydrogen (secondary N) is 1. The van der Waals surface area contributed by atoms with E-state index in [9.17, 15) is 5.11 Å². The van der Waals surface area contributed by atoms with E-state index in [4.69, 9.17) is 5.73 Å². The Morgan fingerprint density at radius 1 is 1.50 bits per heavy atom. The molecule has 5 nitrogen and oxygen atoms in total. The minimum absolute atomic E-state index is 0.295. The van der Waals surface area contributed by atoms with E-state index in [2.05, 4.69) is 15.3 Å². The van der Waals surface area contributed by atoms with E-state index < -0.39 is 0 Å². The normalized spacial score (nSPS) is 17.8. The number of anilines is 2. The molecular formula is C9H14N4O. The van der Waals surface area contributed by atoms with Crippen molar-refractivity contribution in [3.05, 3.63) is 12.4 Å². The summed E-state index contributed by atoms with van der Waals surface area (Å²) in [4.78, 5) is 7.91. The summed E-state index contributed by atoms with van der Waals surface area (Å²) in [5.74, 6) is 1.38. The lowest BCUT2D eigenvalue weighted by atomic mass is 10.2. The van der Waals surface area contributed by atoms with Crippen molar-refractivity contribution in [1.82, 2.24) is 9.97 Å². The van der Waals surface area contributed by atoms with Crippen molar-refractivity contribution in [3.63, 3.8) is 0 Å². The van der Waals surface area contributed by atoms with Crippen LogP contribution in [0.3, 0.4) is 0 Å². The van der Waals surface area contributed by atoms with Gasteiger partial charge in [-0.2, -0.15) is 0 Å². The Morgan fingerprint density at radius 3 is 2.86 bits per heavy atom. The van der Waals surface area contributed by atoms with Gasteiger partial charge >= 0.3 is 0 Å². The second-order valence-corrected chi connectivity index (χ2v) is 3.58. The van der Waals surface area contributed by atoms with E-state index in [1.54, 1.807) is 6.20 Å².